The van der Waals surface area contributed by atoms with E-state index in [0.29, 0.717) is 0 Å². The van der Waals surface area contributed by atoms with E-state index in [9.17, 15) is 22.0 Å². The molecule has 0 aliphatic rings. The average molecular weight is 176 g/mol. The lowest BCUT2D eigenvalue weighted by Crippen LogP contribution is -2.25. The van der Waals surface area contributed by atoms with E-state index in [2.05, 4.69) is 0 Å². The SMILES string of the molecule is FCCCC(F)C(F)C(F)F. The van der Waals surface area contributed by atoms with Crippen LogP contribution < -0.4 is 0 Å². The van der Waals surface area contributed by atoms with Crippen molar-refractivity contribution in [2.45, 2.75) is 31.6 Å². The van der Waals surface area contributed by atoms with E-state index in [1.165, 1.54) is 0 Å². The summed E-state index contributed by atoms with van der Waals surface area (Å²) in [6, 6.07) is 0. The van der Waals surface area contributed by atoms with Gasteiger partial charge in [-0.15, -0.1) is 0 Å². The van der Waals surface area contributed by atoms with Crippen LogP contribution in [0, 0.1) is 0 Å². The maximum atomic E-state index is 12.2. The van der Waals surface area contributed by atoms with Crippen molar-refractivity contribution >= 4 is 0 Å². The fourth-order valence-corrected chi connectivity index (χ4v) is 0.589. The van der Waals surface area contributed by atoms with Crippen molar-refractivity contribution in [1.29, 1.82) is 0 Å². The number of alkyl halides is 5. The third-order valence-corrected chi connectivity index (χ3v) is 1.20. The molecule has 0 aromatic heterocycles. The van der Waals surface area contributed by atoms with Gasteiger partial charge in [-0.25, -0.2) is 17.6 Å². The molecule has 0 N–H and O–H groups in total. The zero-order valence-corrected chi connectivity index (χ0v) is 5.74. The zero-order valence-electron chi connectivity index (χ0n) is 5.74. The molecule has 0 aliphatic carbocycles. The Labute approximate surface area is 61.4 Å². The molecular formula is C6H9F5. The van der Waals surface area contributed by atoms with Crippen molar-refractivity contribution < 1.29 is 22.0 Å². The quantitative estimate of drug-likeness (QED) is 0.565. The van der Waals surface area contributed by atoms with E-state index < -0.39 is 31.9 Å². The number of rotatable bonds is 5. The fraction of sp³-hybridized carbons (Fsp3) is 1.00. The molecule has 2 atom stereocenters. The molecule has 0 saturated carbocycles. The second-order valence-corrected chi connectivity index (χ2v) is 2.13. The molecule has 0 nitrogen and oxygen atoms in total. The first-order valence-corrected chi connectivity index (χ1v) is 3.22. The van der Waals surface area contributed by atoms with Gasteiger partial charge in [-0.1, -0.05) is 0 Å². The molecule has 0 fully saturated rings. The molecule has 0 rings (SSSR count). The predicted octanol–water partition coefficient (Wildman–Crippen LogP) is 2.68. The topological polar surface area (TPSA) is 0 Å². The van der Waals surface area contributed by atoms with E-state index in [1.807, 2.05) is 0 Å². The minimum Gasteiger partial charge on any atom is -0.251 e. The number of halogens is 5. The molecule has 0 saturated heterocycles. The third kappa shape index (κ3) is 4.16. The second-order valence-electron chi connectivity index (χ2n) is 2.13. The minimum atomic E-state index is -3.32. The van der Waals surface area contributed by atoms with Crippen LogP contribution in [-0.2, 0) is 0 Å². The van der Waals surface area contributed by atoms with Gasteiger partial charge in [0.25, 0.3) is 6.43 Å². The Balaban J connectivity index is 3.55. The van der Waals surface area contributed by atoms with Gasteiger partial charge in [-0.2, -0.15) is 0 Å². The highest BCUT2D eigenvalue weighted by Crippen LogP contribution is 2.17. The number of hydrogen-bond donors (Lipinski definition) is 0. The fourth-order valence-electron chi connectivity index (χ4n) is 0.589. The Morgan fingerprint density at radius 2 is 1.55 bits per heavy atom. The average Bonchev–Trinajstić information content (AvgIpc) is 1.98. The smallest absolute Gasteiger partial charge is 0.251 e. The van der Waals surface area contributed by atoms with Crippen LogP contribution in [0.2, 0.25) is 0 Å². The molecular weight excluding hydrogens is 167 g/mol. The minimum absolute atomic E-state index is 0.214. The van der Waals surface area contributed by atoms with Gasteiger partial charge in [0.1, 0.15) is 6.17 Å². The van der Waals surface area contributed by atoms with Gasteiger partial charge >= 0.3 is 0 Å². The first kappa shape index (κ1) is 10.7. The second kappa shape index (κ2) is 5.32. The van der Waals surface area contributed by atoms with E-state index >= 15 is 0 Å². The highest BCUT2D eigenvalue weighted by molar-refractivity contribution is 4.69. The molecule has 68 valence electrons. The van der Waals surface area contributed by atoms with Crippen molar-refractivity contribution in [3.8, 4) is 0 Å². The van der Waals surface area contributed by atoms with Crippen LogP contribution in [0.1, 0.15) is 12.8 Å². The van der Waals surface area contributed by atoms with Crippen LogP contribution in [0.15, 0.2) is 0 Å². The van der Waals surface area contributed by atoms with Crippen molar-refractivity contribution in [3.63, 3.8) is 0 Å². The molecule has 0 aromatic rings. The van der Waals surface area contributed by atoms with Crippen LogP contribution in [0.3, 0.4) is 0 Å². The van der Waals surface area contributed by atoms with Crippen LogP contribution in [0.25, 0.3) is 0 Å². The molecule has 2 unspecified atom stereocenters. The lowest BCUT2D eigenvalue weighted by atomic mass is 10.1. The first-order chi connectivity index (χ1) is 5.09. The van der Waals surface area contributed by atoms with Crippen molar-refractivity contribution in [1.82, 2.24) is 0 Å². The Hall–Kier alpha value is -0.350. The summed E-state index contributed by atoms with van der Waals surface area (Å²) in [5.74, 6) is 0. The highest BCUT2D eigenvalue weighted by atomic mass is 19.3. The van der Waals surface area contributed by atoms with Crippen LogP contribution in [0.4, 0.5) is 22.0 Å². The first-order valence-electron chi connectivity index (χ1n) is 3.22. The molecule has 0 heterocycles. The molecule has 0 aliphatic heterocycles. The zero-order chi connectivity index (χ0) is 8.85. The van der Waals surface area contributed by atoms with Crippen molar-refractivity contribution in [2.75, 3.05) is 6.67 Å². The maximum absolute atomic E-state index is 12.2. The molecule has 5 heteroatoms. The Morgan fingerprint density at radius 3 is 1.91 bits per heavy atom. The number of hydrogen-bond acceptors (Lipinski definition) is 0. The largest absolute Gasteiger partial charge is 0.272 e. The summed E-state index contributed by atoms with van der Waals surface area (Å²) >= 11 is 0. The summed E-state index contributed by atoms with van der Waals surface area (Å²) in [7, 11) is 0. The van der Waals surface area contributed by atoms with Gasteiger partial charge in [-0.3, -0.25) is 4.39 Å². The van der Waals surface area contributed by atoms with Crippen LogP contribution in [0.5, 0.6) is 0 Å². The normalized spacial score (nSPS) is 16.9. The highest BCUT2D eigenvalue weighted by Gasteiger charge is 2.28. The van der Waals surface area contributed by atoms with Crippen molar-refractivity contribution in [3.05, 3.63) is 0 Å². The third-order valence-electron chi connectivity index (χ3n) is 1.20. The van der Waals surface area contributed by atoms with Gasteiger partial charge in [0, 0.05) is 0 Å². The van der Waals surface area contributed by atoms with Gasteiger partial charge < -0.3 is 0 Å². The lowest BCUT2D eigenvalue weighted by Gasteiger charge is -2.10. The lowest BCUT2D eigenvalue weighted by molar-refractivity contribution is 0.000224. The monoisotopic (exact) mass is 176 g/mol. The Bertz CT molecular complexity index is 95.0. The Kier molecular flexibility index (Phi) is 5.15. The summed E-state index contributed by atoms with van der Waals surface area (Å²) < 4.78 is 58.3. The molecule has 11 heavy (non-hydrogen) atoms. The maximum Gasteiger partial charge on any atom is 0.272 e. The van der Waals surface area contributed by atoms with E-state index in [0.717, 1.165) is 0 Å². The predicted molar refractivity (Wildman–Crippen MR) is 31.0 cm³/mol. The standard InChI is InChI=1S/C6H9F5/c7-3-1-2-4(8)5(9)6(10)11/h4-6H,1-3H2. The summed E-state index contributed by atoms with van der Waals surface area (Å²) in [5.41, 5.74) is 0. The molecule has 0 spiro atoms. The summed E-state index contributed by atoms with van der Waals surface area (Å²) in [6.45, 7) is -0.809. The van der Waals surface area contributed by atoms with E-state index in [1.54, 1.807) is 0 Å². The molecule has 0 amide bonds. The van der Waals surface area contributed by atoms with Crippen LogP contribution in [-0.4, -0.2) is 25.4 Å². The van der Waals surface area contributed by atoms with Crippen LogP contribution >= 0.6 is 0 Å². The summed E-state index contributed by atoms with van der Waals surface area (Å²) in [4.78, 5) is 0. The summed E-state index contributed by atoms with van der Waals surface area (Å²) in [6.07, 6.45) is -9.03. The Morgan fingerprint density at radius 1 is 1.00 bits per heavy atom. The van der Waals surface area contributed by atoms with Gasteiger partial charge in [0.15, 0.2) is 6.17 Å². The summed E-state index contributed by atoms with van der Waals surface area (Å²) in [5, 5.41) is 0. The molecule has 0 bridgehead atoms. The van der Waals surface area contributed by atoms with E-state index in [-0.39, 0.29) is 6.42 Å². The van der Waals surface area contributed by atoms with Gasteiger partial charge in [0.05, 0.1) is 6.67 Å². The van der Waals surface area contributed by atoms with E-state index in [4.69, 9.17) is 0 Å². The molecule has 0 radical (unpaired) electrons. The molecule has 0 aromatic carbocycles. The van der Waals surface area contributed by atoms with Crippen molar-refractivity contribution in [2.24, 2.45) is 0 Å². The van der Waals surface area contributed by atoms with Gasteiger partial charge in [-0.05, 0) is 12.8 Å². The van der Waals surface area contributed by atoms with Gasteiger partial charge in [0.2, 0.25) is 0 Å².